The molecule has 5 rings (SSSR count). The van der Waals surface area contributed by atoms with Gasteiger partial charge in [0.1, 0.15) is 11.5 Å². The second kappa shape index (κ2) is 16.0. The number of benzene rings is 2. The summed E-state index contributed by atoms with van der Waals surface area (Å²) >= 11 is 6.48. The van der Waals surface area contributed by atoms with Crippen molar-refractivity contribution in [3.63, 3.8) is 0 Å². The lowest BCUT2D eigenvalue weighted by molar-refractivity contribution is -0.118. The Morgan fingerprint density at radius 1 is 1.09 bits per heavy atom. The minimum atomic E-state index is -3.67. The van der Waals surface area contributed by atoms with Gasteiger partial charge < -0.3 is 25.7 Å². The molecule has 0 radical (unpaired) electrons. The minimum absolute atomic E-state index is 0.0602. The lowest BCUT2D eigenvalue weighted by atomic mass is 10.0. The average molecular weight is 643 g/mol. The quantitative estimate of drug-likeness (QED) is 0.115. The summed E-state index contributed by atoms with van der Waals surface area (Å²) in [7, 11) is -3.67. The lowest BCUT2D eigenvalue weighted by Gasteiger charge is -2.28. The van der Waals surface area contributed by atoms with Gasteiger partial charge in [-0.25, -0.2) is 9.97 Å². The number of aromatic amines is 1. The number of nitrogens with one attached hydrogen (secondary N) is 4. The fourth-order valence-electron chi connectivity index (χ4n) is 4.92. The van der Waals surface area contributed by atoms with Crippen molar-refractivity contribution in [3.05, 3.63) is 76.9 Å². The van der Waals surface area contributed by atoms with Crippen LogP contribution >= 0.6 is 11.6 Å². The van der Waals surface area contributed by atoms with Crippen molar-refractivity contribution >= 4 is 44.5 Å². The van der Waals surface area contributed by atoms with Crippen LogP contribution in [0, 0.1) is 0 Å². The van der Waals surface area contributed by atoms with Crippen LogP contribution in [0.3, 0.4) is 0 Å². The van der Waals surface area contributed by atoms with Crippen LogP contribution in [0.15, 0.2) is 60.7 Å². The predicted octanol–water partition coefficient (Wildman–Crippen LogP) is 4.77. The molecular weight excluding hydrogens is 604 g/mol. The summed E-state index contributed by atoms with van der Waals surface area (Å²) in [6, 6.07) is 20.0. The van der Waals surface area contributed by atoms with E-state index >= 15 is 0 Å². The molecule has 3 heterocycles. The minimum Gasteiger partial charge on any atom is -0.369 e. The van der Waals surface area contributed by atoms with Crippen LogP contribution in [-0.2, 0) is 26.1 Å². The van der Waals surface area contributed by atoms with Gasteiger partial charge in [0, 0.05) is 36.3 Å². The van der Waals surface area contributed by atoms with Crippen LogP contribution in [0.4, 0.5) is 5.82 Å². The summed E-state index contributed by atoms with van der Waals surface area (Å²) in [5, 5.41) is 11.3. The standard InChI is InChI=1S/C30H35ClN6O2.CH4O3S/c1-20(38)33-17-18-34-29-24-19-26(35-30(24)37-28(36-29)22-8-3-2-4-9-22)27(39-23-13-15-32-16-14-23)12-11-21-7-5-6-10-25(21)31;1-5(2,3)4/h2-10,19,23,27,32H,11-18H2,1H3,(H,33,38)(H2,34,35,36,37);1H3,(H,2,3,4). The van der Waals surface area contributed by atoms with Crippen LogP contribution in [0.2, 0.25) is 5.02 Å². The largest absolute Gasteiger partial charge is 0.369 e. The molecule has 4 aromatic rings. The third-order valence-electron chi connectivity index (χ3n) is 6.96. The highest BCUT2D eigenvalue weighted by atomic mass is 35.5. The summed E-state index contributed by atoms with van der Waals surface area (Å²) in [4.78, 5) is 24.6. The Morgan fingerprint density at radius 3 is 2.45 bits per heavy atom. The predicted molar refractivity (Wildman–Crippen MR) is 173 cm³/mol. The van der Waals surface area contributed by atoms with Crippen molar-refractivity contribution in [1.82, 2.24) is 25.6 Å². The molecule has 5 N–H and O–H groups in total. The van der Waals surface area contributed by atoms with E-state index in [-0.39, 0.29) is 18.1 Å². The highest BCUT2D eigenvalue weighted by Crippen LogP contribution is 2.33. The summed E-state index contributed by atoms with van der Waals surface area (Å²) < 4.78 is 32.6. The van der Waals surface area contributed by atoms with E-state index in [1.54, 1.807) is 0 Å². The first-order valence-corrected chi connectivity index (χ1v) is 16.8. The zero-order valence-electron chi connectivity index (χ0n) is 24.8. The number of hydrogen-bond donors (Lipinski definition) is 5. The molecule has 1 amide bonds. The summed E-state index contributed by atoms with van der Waals surface area (Å²) in [6.45, 7) is 4.48. The Balaban J connectivity index is 0.000000818. The van der Waals surface area contributed by atoms with E-state index in [2.05, 4.69) is 33.1 Å². The molecule has 1 aliphatic rings. The van der Waals surface area contributed by atoms with Crippen molar-refractivity contribution in [2.75, 3.05) is 37.8 Å². The smallest absolute Gasteiger partial charge is 0.261 e. The number of H-pyrrole nitrogens is 1. The van der Waals surface area contributed by atoms with Gasteiger partial charge in [0.05, 0.1) is 23.8 Å². The monoisotopic (exact) mass is 642 g/mol. The molecule has 13 heteroatoms. The Hall–Kier alpha value is -3.55. The first-order chi connectivity index (χ1) is 21.1. The number of fused-ring (bicyclic) bond motifs is 1. The van der Waals surface area contributed by atoms with E-state index in [4.69, 9.17) is 30.9 Å². The first-order valence-electron chi connectivity index (χ1n) is 14.5. The second-order valence-corrected chi connectivity index (χ2v) is 12.5. The molecule has 2 aromatic heterocycles. The molecule has 1 atom stereocenters. The van der Waals surface area contributed by atoms with Gasteiger partial charge in [0.15, 0.2) is 5.82 Å². The van der Waals surface area contributed by atoms with E-state index in [9.17, 15) is 13.2 Å². The highest BCUT2D eigenvalue weighted by molar-refractivity contribution is 7.85. The van der Waals surface area contributed by atoms with Crippen LogP contribution in [0.25, 0.3) is 22.4 Å². The number of carbonyl (C=O) groups excluding carboxylic acids is 1. The number of piperidine rings is 1. The molecule has 2 aromatic carbocycles. The number of aromatic nitrogens is 3. The maximum Gasteiger partial charge on any atom is 0.261 e. The number of carbonyl (C=O) groups is 1. The van der Waals surface area contributed by atoms with Crippen molar-refractivity contribution in [2.24, 2.45) is 0 Å². The third-order valence-corrected chi connectivity index (χ3v) is 7.32. The Morgan fingerprint density at radius 2 is 1.77 bits per heavy atom. The Bertz CT molecular complexity index is 1620. The van der Waals surface area contributed by atoms with Gasteiger partial charge in [-0.15, -0.1) is 0 Å². The maximum absolute atomic E-state index is 11.3. The molecule has 1 fully saturated rings. The van der Waals surface area contributed by atoms with E-state index in [0.29, 0.717) is 25.2 Å². The number of anilines is 1. The van der Waals surface area contributed by atoms with Gasteiger partial charge in [-0.2, -0.15) is 8.42 Å². The SMILES string of the molecule is CC(=O)NCCNc1nc(-c2ccccc2)nc2[nH]c(C(CCc3ccccc3Cl)OC3CCNCC3)cc12.CS(=O)(=O)O. The summed E-state index contributed by atoms with van der Waals surface area (Å²) in [5.74, 6) is 1.29. The molecule has 1 saturated heterocycles. The van der Waals surface area contributed by atoms with Gasteiger partial charge in [-0.05, 0) is 56.5 Å². The third kappa shape index (κ3) is 10.6. The average Bonchev–Trinajstić information content (AvgIpc) is 3.42. The number of halogens is 1. The number of rotatable bonds is 11. The van der Waals surface area contributed by atoms with Gasteiger partial charge in [0.2, 0.25) is 5.91 Å². The first kappa shape index (κ1) is 33.3. The number of aryl methyl sites for hydroxylation is 1. The zero-order valence-corrected chi connectivity index (χ0v) is 26.4. The normalized spacial score (nSPS) is 14.5. The van der Waals surface area contributed by atoms with Gasteiger partial charge in [0.25, 0.3) is 10.1 Å². The van der Waals surface area contributed by atoms with Crippen molar-refractivity contribution < 1.29 is 22.5 Å². The fourth-order valence-corrected chi connectivity index (χ4v) is 5.15. The molecule has 236 valence electrons. The molecule has 0 saturated carbocycles. The Labute approximate surface area is 262 Å². The molecule has 0 bridgehead atoms. The zero-order chi connectivity index (χ0) is 31.5. The molecule has 44 heavy (non-hydrogen) atoms. The van der Waals surface area contributed by atoms with Gasteiger partial charge in [-0.3, -0.25) is 9.35 Å². The number of ether oxygens (including phenoxy) is 1. The second-order valence-electron chi connectivity index (χ2n) is 10.6. The van der Waals surface area contributed by atoms with E-state index < -0.39 is 10.1 Å². The Kier molecular flexibility index (Phi) is 12.1. The van der Waals surface area contributed by atoms with Crippen molar-refractivity contribution in [3.8, 4) is 11.4 Å². The number of amides is 1. The number of hydrogen-bond acceptors (Lipinski definition) is 8. The maximum atomic E-state index is 11.3. The highest BCUT2D eigenvalue weighted by Gasteiger charge is 2.24. The fraction of sp³-hybridized carbons (Fsp3) is 0.387. The molecule has 1 unspecified atom stereocenters. The summed E-state index contributed by atoms with van der Waals surface area (Å²) in [5.41, 5.74) is 3.76. The van der Waals surface area contributed by atoms with Crippen molar-refractivity contribution in [1.29, 1.82) is 0 Å². The van der Waals surface area contributed by atoms with Crippen LogP contribution in [0.5, 0.6) is 0 Å². The summed E-state index contributed by atoms with van der Waals surface area (Å²) in [6.07, 6.45) is 4.31. The molecule has 0 aliphatic carbocycles. The lowest BCUT2D eigenvalue weighted by Crippen LogP contribution is -2.33. The van der Waals surface area contributed by atoms with E-state index in [1.807, 2.05) is 48.5 Å². The molecular formula is C31H39ClN6O5S. The molecule has 11 nitrogen and oxygen atoms in total. The van der Waals surface area contributed by atoms with Crippen LogP contribution < -0.4 is 16.0 Å². The topological polar surface area (TPSA) is 158 Å². The van der Waals surface area contributed by atoms with Crippen LogP contribution in [-0.4, -0.2) is 72.4 Å². The van der Waals surface area contributed by atoms with E-state index in [0.717, 1.165) is 77.5 Å². The van der Waals surface area contributed by atoms with Gasteiger partial charge in [-0.1, -0.05) is 60.1 Å². The molecule has 1 aliphatic heterocycles. The van der Waals surface area contributed by atoms with Crippen molar-refractivity contribution in [2.45, 2.75) is 44.8 Å². The molecule has 0 spiro atoms. The van der Waals surface area contributed by atoms with E-state index in [1.165, 1.54) is 6.92 Å². The van der Waals surface area contributed by atoms with Crippen LogP contribution in [0.1, 0.15) is 43.5 Å². The number of nitrogens with zero attached hydrogens (tertiary/aromatic N) is 2. The van der Waals surface area contributed by atoms with Gasteiger partial charge >= 0.3 is 0 Å².